The van der Waals surface area contributed by atoms with Crippen molar-refractivity contribution in [3.63, 3.8) is 0 Å². The minimum absolute atomic E-state index is 0.0411. The number of hydrogen-bond donors (Lipinski definition) is 0. The highest BCUT2D eigenvalue weighted by molar-refractivity contribution is 9.09. The molecule has 1 aliphatic rings. The molecule has 2 atom stereocenters. The molecule has 1 saturated heterocycles. The first-order chi connectivity index (χ1) is 8.69. The lowest BCUT2D eigenvalue weighted by Gasteiger charge is -2.25. The van der Waals surface area contributed by atoms with Crippen molar-refractivity contribution in [1.82, 2.24) is 9.55 Å². The average Bonchev–Trinajstić information content (AvgIpc) is 2.73. The molecule has 2 heterocycles. The summed E-state index contributed by atoms with van der Waals surface area (Å²) in [7, 11) is 0. The van der Waals surface area contributed by atoms with Crippen molar-refractivity contribution < 1.29 is 0 Å². The molecule has 0 bridgehead atoms. The first kappa shape index (κ1) is 13.6. The molecule has 2 unspecified atom stereocenters. The fourth-order valence-electron chi connectivity index (χ4n) is 2.56. The quantitative estimate of drug-likeness (QED) is 0.800. The minimum atomic E-state index is 0.0411. The van der Waals surface area contributed by atoms with Crippen molar-refractivity contribution in [1.29, 1.82) is 0 Å². The number of nitrogens with zero attached hydrogens (tertiary/aromatic N) is 3. The molecule has 1 aliphatic heterocycles. The van der Waals surface area contributed by atoms with Crippen LogP contribution in [0.15, 0.2) is 17.2 Å². The Morgan fingerprint density at radius 1 is 1.56 bits per heavy atom. The smallest absolute Gasteiger partial charge is 0.293 e. The molecule has 4 nitrogen and oxygen atoms in total. The zero-order valence-corrected chi connectivity index (χ0v) is 12.6. The number of alkyl halides is 1. The van der Waals surface area contributed by atoms with E-state index >= 15 is 0 Å². The third-order valence-electron chi connectivity index (χ3n) is 3.67. The van der Waals surface area contributed by atoms with Crippen LogP contribution in [0.25, 0.3) is 0 Å². The van der Waals surface area contributed by atoms with Gasteiger partial charge in [-0.25, -0.2) is 4.98 Å². The molecule has 2 rings (SSSR count). The molecule has 0 saturated carbocycles. The first-order valence-corrected chi connectivity index (χ1v) is 7.69. The normalized spacial score (nSPS) is 23.6. The lowest BCUT2D eigenvalue weighted by molar-refractivity contribution is 0.550. The van der Waals surface area contributed by atoms with E-state index in [1.54, 1.807) is 17.0 Å². The second kappa shape index (κ2) is 5.87. The van der Waals surface area contributed by atoms with Crippen molar-refractivity contribution in [2.24, 2.45) is 5.92 Å². The zero-order valence-electron chi connectivity index (χ0n) is 11.0. The fourth-order valence-corrected chi connectivity index (χ4v) is 3.54. The van der Waals surface area contributed by atoms with Crippen LogP contribution in [0.3, 0.4) is 0 Å². The van der Waals surface area contributed by atoms with Gasteiger partial charge < -0.3 is 9.47 Å². The molecule has 0 radical (unpaired) electrons. The highest BCUT2D eigenvalue weighted by Gasteiger charge is 2.32. The van der Waals surface area contributed by atoms with Gasteiger partial charge in [0, 0.05) is 36.9 Å². The molecule has 1 aromatic heterocycles. The number of aryl methyl sites for hydroxylation is 1. The van der Waals surface area contributed by atoms with E-state index < -0.39 is 0 Å². The largest absolute Gasteiger partial charge is 0.348 e. The van der Waals surface area contributed by atoms with Gasteiger partial charge in [0.2, 0.25) is 0 Å². The summed E-state index contributed by atoms with van der Waals surface area (Å²) in [6, 6.07) is 0.377. The Morgan fingerprint density at radius 3 is 3.00 bits per heavy atom. The molecule has 100 valence electrons. The van der Waals surface area contributed by atoms with Gasteiger partial charge in [-0.05, 0) is 18.8 Å². The summed E-state index contributed by atoms with van der Waals surface area (Å²) >= 11 is 3.55. The molecule has 0 aromatic carbocycles. The number of hydrogen-bond acceptors (Lipinski definition) is 3. The summed E-state index contributed by atoms with van der Waals surface area (Å²) < 4.78 is 1.76. The van der Waals surface area contributed by atoms with Crippen LogP contribution in [0.1, 0.15) is 26.7 Å². The van der Waals surface area contributed by atoms with Gasteiger partial charge in [0.1, 0.15) is 0 Å². The van der Waals surface area contributed by atoms with Crippen LogP contribution < -0.4 is 10.5 Å². The van der Waals surface area contributed by atoms with Crippen molar-refractivity contribution in [3.05, 3.63) is 22.7 Å². The van der Waals surface area contributed by atoms with E-state index in [9.17, 15) is 4.79 Å². The number of rotatable bonds is 4. The number of halogens is 1. The van der Waals surface area contributed by atoms with Crippen LogP contribution in [0, 0.1) is 5.92 Å². The SMILES string of the molecule is CCCn1ccnc(N2CCC(C)C2CBr)c1=O. The van der Waals surface area contributed by atoms with Gasteiger partial charge in [0.15, 0.2) is 5.82 Å². The van der Waals surface area contributed by atoms with Gasteiger partial charge in [0.25, 0.3) is 5.56 Å². The van der Waals surface area contributed by atoms with Crippen LogP contribution in [0.4, 0.5) is 5.82 Å². The van der Waals surface area contributed by atoms with Crippen molar-refractivity contribution in [3.8, 4) is 0 Å². The van der Waals surface area contributed by atoms with E-state index in [4.69, 9.17) is 0 Å². The molecular formula is C13H20BrN3O. The minimum Gasteiger partial charge on any atom is -0.348 e. The maximum absolute atomic E-state index is 12.4. The Labute approximate surface area is 116 Å². The van der Waals surface area contributed by atoms with Crippen molar-refractivity contribution in [2.75, 3.05) is 16.8 Å². The van der Waals surface area contributed by atoms with Crippen LogP contribution in [-0.4, -0.2) is 27.5 Å². The molecule has 1 fully saturated rings. The second-order valence-corrected chi connectivity index (χ2v) is 5.58. The highest BCUT2D eigenvalue weighted by atomic mass is 79.9. The van der Waals surface area contributed by atoms with Crippen molar-refractivity contribution in [2.45, 2.75) is 39.3 Å². The van der Waals surface area contributed by atoms with Gasteiger partial charge in [-0.2, -0.15) is 0 Å². The summed E-state index contributed by atoms with van der Waals surface area (Å²) in [5.74, 6) is 1.21. The lowest BCUT2D eigenvalue weighted by atomic mass is 10.1. The zero-order chi connectivity index (χ0) is 13.1. The number of aromatic nitrogens is 2. The summed E-state index contributed by atoms with van der Waals surface area (Å²) in [6.07, 6.45) is 5.60. The van der Waals surface area contributed by atoms with Gasteiger partial charge in [-0.3, -0.25) is 4.79 Å². The standard InChI is InChI=1S/C13H20BrN3O/c1-3-6-16-8-5-15-12(13(16)18)17-7-4-10(2)11(17)9-14/h5,8,10-11H,3-4,6-7,9H2,1-2H3. The molecule has 0 N–H and O–H groups in total. The third-order valence-corrected chi connectivity index (χ3v) is 4.34. The highest BCUT2D eigenvalue weighted by Crippen LogP contribution is 2.27. The van der Waals surface area contributed by atoms with Gasteiger partial charge in [0.05, 0.1) is 0 Å². The van der Waals surface area contributed by atoms with Crippen LogP contribution >= 0.6 is 15.9 Å². The maximum atomic E-state index is 12.4. The summed E-state index contributed by atoms with van der Waals surface area (Å²) in [6.45, 7) is 6.00. The summed E-state index contributed by atoms with van der Waals surface area (Å²) in [5.41, 5.74) is 0.0411. The molecule has 0 spiro atoms. The Morgan fingerprint density at radius 2 is 2.33 bits per heavy atom. The fraction of sp³-hybridized carbons (Fsp3) is 0.692. The lowest BCUT2D eigenvalue weighted by Crippen LogP contribution is -2.39. The summed E-state index contributed by atoms with van der Waals surface area (Å²) in [4.78, 5) is 18.8. The maximum Gasteiger partial charge on any atom is 0.293 e. The topological polar surface area (TPSA) is 38.1 Å². The molecule has 18 heavy (non-hydrogen) atoms. The van der Waals surface area contributed by atoms with Gasteiger partial charge >= 0.3 is 0 Å². The molecule has 0 aliphatic carbocycles. The van der Waals surface area contributed by atoms with E-state index in [0.29, 0.717) is 17.8 Å². The van der Waals surface area contributed by atoms with E-state index in [-0.39, 0.29) is 5.56 Å². The molecule has 0 amide bonds. The second-order valence-electron chi connectivity index (χ2n) is 4.93. The average molecular weight is 314 g/mol. The van der Waals surface area contributed by atoms with E-state index in [0.717, 1.165) is 31.3 Å². The first-order valence-electron chi connectivity index (χ1n) is 6.57. The molecule has 1 aromatic rings. The number of anilines is 1. The van der Waals surface area contributed by atoms with Gasteiger partial charge in [-0.15, -0.1) is 0 Å². The molecule has 5 heteroatoms. The predicted octanol–water partition coefficient (Wildman–Crippen LogP) is 2.26. The van der Waals surface area contributed by atoms with E-state index in [1.165, 1.54) is 0 Å². The molecular weight excluding hydrogens is 294 g/mol. The van der Waals surface area contributed by atoms with Crippen LogP contribution in [0.5, 0.6) is 0 Å². The van der Waals surface area contributed by atoms with Crippen LogP contribution in [0.2, 0.25) is 0 Å². The van der Waals surface area contributed by atoms with E-state index in [2.05, 4.69) is 39.7 Å². The predicted molar refractivity (Wildman–Crippen MR) is 77.5 cm³/mol. The van der Waals surface area contributed by atoms with Crippen LogP contribution in [-0.2, 0) is 6.54 Å². The third kappa shape index (κ3) is 2.46. The Kier molecular flexibility index (Phi) is 4.43. The Balaban J connectivity index is 2.34. The van der Waals surface area contributed by atoms with Gasteiger partial charge in [-0.1, -0.05) is 29.8 Å². The van der Waals surface area contributed by atoms with E-state index in [1.807, 2.05) is 0 Å². The summed E-state index contributed by atoms with van der Waals surface area (Å²) in [5, 5.41) is 0.887. The van der Waals surface area contributed by atoms with Crippen molar-refractivity contribution >= 4 is 21.7 Å². The Bertz CT molecular complexity index is 460. The monoisotopic (exact) mass is 313 g/mol. The Hall–Kier alpha value is -0.840.